The fraction of sp³-hybridized carbons (Fsp3) is 0.500. The van der Waals surface area contributed by atoms with Gasteiger partial charge >= 0.3 is 0 Å². The maximum atomic E-state index is 5.36. The van der Waals surface area contributed by atoms with Crippen molar-refractivity contribution < 1.29 is 15.4 Å². The summed E-state index contributed by atoms with van der Waals surface area (Å²) >= 11 is 0. The molecule has 1 saturated heterocycles. The molecule has 4 N–H and O–H groups in total. The molecule has 3 heteroatoms. The molecule has 0 radical (unpaired) electrons. The third kappa shape index (κ3) is 2.78. The summed E-state index contributed by atoms with van der Waals surface area (Å²) in [6.07, 6.45) is 0. The molecule has 0 atom stereocenters. The Kier molecular flexibility index (Phi) is 3.72. The van der Waals surface area contributed by atoms with Crippen molar-refractivity contribution in [1.29, 1.82) is 0 Å². The number of hydrogen-bond donors (Lipinski definition) is 2. The van der Waals surface area contributed by atoms with Crippen LogP contribution >= 0.6 is 0 Å². The molecule has 0 spiro atoms. The molecule has 0 saturated carbocycles. The normalized spacial score (nSPS) is 17.9. The van der Waals surface area contributed by atoms with Crippen LogP contribution in [-0.4, -0.2) is 26.3 Å². The van der Waals surface area contributed by atoms with Crippen LogP contribution in [0.2, 0.25) is 0 Å². The van der Waals surface area contributed by atoms with Crippen molar-refractivity contribution in [2.24, 2.45) is 0 Å². The Morgan fingerprint density at radius 2 is 1.80 bits per heavy atom. The lowest BCUT2D eigenvalue weighted by molar-refractivity contribution is -0.921. The highest BCUT2D eigenvalue weighted by Crippen LogP contribution is 2.05. The second kappa shape index (κ2) is 5.26. The van der Waals surface area contributed by atoms with Gasteiger partial charge in [0, 0.05) is 11.1 Å². The summed E-state index contributed by atoms with van der Waals surface area (Å²) in [5.41, 5.74) is 6.81. The molecule has 1 aromatic carbocycles. The Morgan fingerprint density at radius 1 is 1.13 bits per heavy atom. The van der Waals surface area contributed by atoms with Gasteiger partial charge in [-0.3, -0.25) is 0 Å². The number of morpholine rings is 1. The van der Waals surface area contributed by atoms with Gasteiger partial charge in [0.1, 0.15) is 26.2 Å². The molecule has 0 bridgehead atoms. The molecular formula is C12H20N2O+2. The van der Waals surface area contributed by atoms with Gasteiger partial charge in [0.2, 0.25) is 0 Å². The zero-order valence-electron chi connectivity index (χ0n) is 9.17. The van der Waals surface area contributed by atoms with Gasteiger partial charge in [-0.15, -0.1) is 0 Å². The first-order valence-electron chi connectivity index (χ1n) is 5.67. The second-order valence-corrected chi connectivity index (χ2v) is 4.06. The van der Waals surface area contributed by atoms with E-state index in [0.717, 1.165) is 39.4 Å². The Morgan fingerprint density at radius 3 is 2.47 bits per heavy atom. The molecule has 3 nitrogen and oxygen atoms in total. The topological polar surface area (TPSA) is 41.3 Å². The van der Waals surface area contributed by atoms with Gasteiger partial charge in [0.25, 0.3) is 0 Å². The lowest BCUT2D eigenvalue weighted by Gasteiger charge is -2.24. The Labute approximate surface area is 90.8 Å². The summed E-state index contributed by atoms with van der Waals surface area (Å²) in [5, 5.41) is 0. The van der Waals surface area contributed by atoms with Crippen molar-refractivity contribution in [3.63, 3.8) is 0 Å². The molecule has 82 valence electrons. The predicted octanol–water partition coefficient (Wildman–Crippen LogP) is -1.16. The molecule has 1 aromatic rings. The highest BCUT2D eigenvalue weighted by Gasteiger charge is 2.15. The average Bonchev–Trinajstić information content (AvgIpc) is 2.31. The third-order valence-electron chi connectivity index (χ3n) is 3.03. The van der Waals surface area contributed by atoms with Crippen LogP contribution in [0.15, 0.2) is 24.3 Å². The number of benzene rings is 1. The third-order valence-corrected chi connectivity index (χ3v) is 3.03. The maximum absolute atomic E-state index is 5.36. The molecule has 0 aliphatic carbocycles. The minimum atomic E-state index is 0.889. The van der Waals surface area contributed by atoms with E-state index in [1.807, 2.05) is 0 Å². The maximum Gasteiger partial charge on any atom is 0.103 e. The molecule has 1 fully saturated rings. The van der Waals surface area contributed by atoms with Gasteiger partial charge < -0.3 is 15.4 Å². The van der Waals surface area contributed by atoms with E-state index in [1.165, 1.54) is 11.1 Å². The lowest BCUT2D eigenvalue weighted by Crippen LogP contribution is -3.12. The largest absolute Gasteiger partial charge is 0.370 e. The first kappa shape index (κ1) is 10.6. The fourth-order valence-electron chi connectivity index (χ4n) is 2.08. The predicted molar refractivity (Wildman–Crippen MR) is 58.3 cm³/mol. The monoisotopic (exact) mass is 208 g/mol. The highest BCUT2D eigenvalue weighted by molar-refractivity contribution is 5.25. The number of quaternary nitrogens is 2. The number of ether oxygens (including phenoxy) is 1. The van der Waals surface area contributed by atoms with E-state index in [0.29, 0.717) is 0 Å². The summed E-state index contributed by atoms with van der Waals surface area (Å²) in [6, 6.07) is 8.62. The number of nitrogens with one attached hydrogen (secondary N) is 1. The SMILES string of the molecule is [NH3+]Cc1ccccc1C[NH+]1CCOCC1. The average molecular weight is 208 g/mol. The number of hydrogen-bond acceptors (Lipinski definition) is 1. The van der Waals surface area contributed by atoms with E-state index in [4.69, 9.17) is 4.74 Å². The second-order valence-electron chi connectivity index (χ2n) is 4.06. The van der Waals surface area contributed by atoms with E-state index < -0.39 is 0 Å². The van der Waals surface area contributed by atoms with Gasteiger partial charge in [0.05, 0.1) is 13.2 Å². The minimum absolute atomic E-state index is 0.889. The summed E-state index contributed by atoms with van der Waals surface area (Å²) in [5.74, 6) is 0. The van der Waals surface area contributed by atoms with Gasteiger partial charge in [-0.2, -0.15) is 0 Å². The molecule has 1 aliphatic rings. The van der Waals surface area contributed by atoms with Crippen molar-refractivity contribution in [3.05, 3.63) is 35.4 Å². The van der Waals surface area contributed by atoms with E-state index in [2.05, 4.69) is 30.0 Å². The fourth-order valence-corrected chi connectivity index (χ4v) is 2.08. The zero-order chi connectivity index (χ0) is 10.5. The van der Waals surface area contributed by atoms with E-state index in [9.17, 15) is 0 Å². The van der Waals surface area contributed by atoms with Crippen molar-refractivity contribution in [2.45, 2.75) is 13.1 Å². The van der Waals surface area contributed by atoms with E-state index in [1.54, 1.807) is 4.90 Å². The molecule has 15 heavy (non-hydrogen) atoms. The van der Waals surface area contributed by atoms with E-state index in [-0.39, 0.29) is 0 Å². The molecule has 1 aliphatic heterocycles. The molecule has 1 heterocycles. The van der Waals surface area contributed by atoms with Crippen LogP contribution in [0.5, 0.6) is 0 Å². The van der Waals surface area contributed by atoms with Crippen LogP contribution in [0.1, 0.15) is 11.1 Å². The van der Waals surface area contributed by atoms with Crippen molar-refractivity contribution in [2.75, 3.05) is 26.3 Å². The Balaban J connectivity index is 2.02. The molecule has 0 amide bonds. The van der Waals surface area contributed by atoms with E-state index >= 15 is 0 Å². The van der Waals surface area contributed by atoms with Crippen LogP contribution < -0.4 is 10.6 Å². The van der Waals surface area contributed by atoms with Crippen LogP contribution in [0.25, 0.3) is 0 Å². The standard InChI is InChI=1S/C12H18N2O/c13-9-11-3-1-2-4-12(11)10-14-5-7-15-8-6-14/h1-4H,5-10,13H2/p+2. The quantitative estimate of drug-likeness (QED) is 0.647. The highest BCUT2D eigenvalue weighted by atomic mass is 16.5. The van der Waals surface area contributed by atoms with Gasteiger partial charge in [-0.05, 0) is 0 Å². The summed E-state index contributed by atoms with van der Waals surface area (Å²) < 4.78 is 5.36. The summed E-state index contributed by atoms with van der Waals surface area (Å²) in [7, 11) is 0. The van der Waals surface area contributed by atoms with Crippen molar-refractivity contribution >= 4 is 0 Å². The minimum Gasteiger partial charge on any atom is -0.370 e. The zero-order valence-corrected chi connectivity index (χ0v) is 9.17. The molecule has 2 rings (SSSR count). The van der Waals surface area contributed by atoms with Crippen LogP contribution in [-0.2, 0) is 17.8 Å². The van der Waals surface area contributed by atoms with Crippen molar-refractivity contribution in [3.8, 4) is 0 Å². The van der Waals surface area contributed by atoms with Crippen LogP contribution in [0, 0.1) is 0 Å². The molecule has 0 unspecified atom stereocenters. The summed E-state index contributed by atoms with van der Waals surface area (Å²) in [6.45, 7) is 6.08. The Bertz CT molecular complexity index is 308. The van der Waals surface area contributed by atoms with Crippen LogP contribution in [0.3, 0.4) is 0 Å². The van der Waals surface area contributed by atoms with Crippen molar-refractivity contribution in [1.82, 2.24) is 0 Å². The number of rotatable bonds is 3. The molecular weight excluding hydrogens is 188 g/mol. The van der Waals surface area contributed by atoms with Gasteiger partial charge in [0.15, 0.2) is 0 Å². The smallest absolute Gasteiger partial charge is 0.103 e. The molecule has 0 aromatic heterocycles. The Hall–Kier alpha value is -0.900. The summed E-state index contributed by atoms with van der Waals surface area (Å²) in [4.78, 5) is 1.63. The van der Waals surface area contributed by atoms with Gasteiger partial charge in [-0.1, -0.05) is 24.3 Å². The first-order chi connectivity index (χ1) is 7.40. The first-order valence-corrected chi connectivity index (χ1v) is 5.67. The lowest BCUT2D eigenvalue weighted by atomic mass is 10.1. The van der Waals surface area contributed by atoms with Crippen LogP contribution in [0.4, 0.5) is 0 Å². The van der Waals surface area contributed by atoms with Gasteiger partial charge in [-0.25, -0.2) is 0 Å².